The van der Waals surface area contributed by atoms with Crippen LogP contribution >= 0.6 is 0 Å². The normalized spacial score (nSPS) is 11.4. The molecule has 1 unspecified atom stereocenters. The van der Waals surface area contributed by atoms with E-state index in [1.165, 1.54) is 24.0 Å². The Balaban J connectivity index is 2.47. The van der Waals surface area contributed by atoms with Crippen LogP contribution in [0, 0.1) is 0 Å². The van der Waals surface area contributed by atoms with Crippen molar-refractivity contribution in [3.05, 3.63) is 71.8 Å². The van der Waals surface area contributed by atoms with Crippen molar-refractivity contribution in [3.8, 4) is 0 Å². The fraction of sp³-hybridized carbons (Fsp3) is 0.250. The predicted molar refractivity (Wildman–Crippen MR) is 77.1 cm³/mol. The topological polar surface area (TPSA) is 0 Å². The predicted octanol–water partition coefficient (Wildman–Crippen LogP) is 3.36. The van der Waals surface area contributed by atoms with Crippen LogP contribution in [-0.2, 0) is 4.20 Å². The minimum absolute atomic E-state index is 0.199. The van der Waals surface area contributed by atoms with Gasteiger partial charge in [-0.3, -0.25) is 0 Å². The van der Waals surface area contributed by atoms with Crippen molar-refractivity contribution in [2.45, 2.75) is 24.0 Å². The third-order valence-electron chi connectivity index (χ3n) is 3.22. The first-order valence-corrected chi connectivity index (χ1v) is 7.38. The molecule has 0 bridgehead atoms. The summed E-state index contributed by atoms with van der Waals surface area (Å²) in [7, 11) is 0. The van der Waals surface area contributed by atoms with Crippen LogP contribution in [0.1, 0.15) is 30.9 Å². The molecule has 2 aromatic rings. The molecule has 0 heterocycles. The van der Waals surface area contributed by atoms with Crippen molar-refractivity contribution in [3.63, 3.8) is 0 Å². The molecule has 0 radical (unpaired) electrons. The fourth-order valence-corrected chi connectivity index (χ4v) is 3.73. The molecule has 1 atom stereocenters. The Morgan fingerprint density at radius 3 is 1.59 bits per heavy atom. The Kier molecular flexibility index (Phi) is 4.07. The summed E-state index contributed by atoms with van der Waals surface area (Å²) < 4.78 is 0.199. The van der Waals surface area contributed by atoms with Crippen molar-refractivity contribution in [1.82, 2.24) is 0 Å². The third kappa shape index (κ3) is 2.64. The van der Waals surface area contributed by atoms with E-state index >= 15 is 0 Å². The molecular formula is C16H19As. The monoisotopic (exact) mass is 286 g/mol. The van der Waals surface area contributed by atoms with E-state index in [1.807, 2.05) is 16.9 Å². The third-order valence-corrected chi connectivity index (χ3v) is 5.23. The zero-order chi connectivity index (χ0) is 12.1. The summed E-state index contributed by atoms with van der Waals surface area (Å²) in [5, 5.41) is 0. The number of hydrogen-bond acceptors (Lipinski definition) is 0. The molecule has 0 aromatic heterocycles. The van der Waals surface area contributed by atoms with Gasteiger partial charge < -0.3 is 0 Å². The van der Waals surface area contributed by atoms with E-state index in [-0.39, 0.29) is 4.20 Å². The van der Waals surface area contributed by atoms with E-state index in [4.69, 9.17) is 0 Å². The zero-order valence-electron chi connectivity index (χ0n) is 10.3. The van der Waals surface area contributed by atoms with Crippen molar-refractivity contribution in [1.29, 1.82) is 0 Å². The molecule has 0 amide bonds. The molecule has 0 aliphatic rings. The quantitative estimate of drug-likeness (QED) is 0.756. The van der Waals surface area contributed by atoms with Gasteiger partial charge in [0.2, 0.25) is 0 Å². The van der Waals surface area contributed by atoms with Gasteiger partial charge in [0.1, 0.15) is 0 Å². The minimum atomic E-state index is 0.199. The molecule has 0 fully saturated rings. The van der Waals surface area contributed by atoms with Gasteiger partial charge in [-0.1, -0.05) is 0 Å². The zero-order valence-corrected chi connectivity index (χ0v) is 12.7. The Hall–Kier alpha value is -1.00. The maximum atomic E-state index is 2.26. The molecule has 0 saturated heterocycles. The second-order valence-electron chi connectivity index (χ2n) is 4.45. The van der Waals surface area contributed by atoms with Crippen LogP contribution in [0.15, 0.2) is 60.7 Å². The van der Waals surface area contributed by atoms with Crippen molar-refractivity contribution in [2.24, 2.45) is 0 Å². The van der Waals surface area contributed by atoms with E-state index in [2.05, 4.69) is 67.6 Å². The van der Waals surface area contributed by atoms with Gasteiger partial charge in [-0.25, -0.2) is 0 Å². The molecule has 0 aliphatic heterocycles. The standard InChI is InChI=1S/C16H19As/c1-2-13-16(17,14-9-5-3-6-10-14)15-11-7-4-8-12-15/h3-12H,2,13,17H2,1H3. The number of benzene rings is 2. The van der Waals surface area contributed by atoms with Gasteiger partial charge in [0, 0.05) is 0 Å². The summed E-state index contributed by atoms with van der Waals surface area (Å²) in [5.74, 6) is 0. The molecule has 0 aliphatic carbocycles. The van der Waals surface area contributed by atoms with Crippen LogP contribution in [0.3, 0.4) is 0 Å². The first kappa shape index (κ1) is 12.5. The second kappa shape index (κ2) is 5.56. The first-order chi connectivity index (χ1) is 8.27. The van der Waals surface area contributed by atoms with Crippen LogP contribution in [0.25, 0.3) is 0 Å². The van der Waals surface area contributed by atoms with Crippen LogP contribution in [0.2, 0.25) is 0 Å². The summed E-state index contributed by atoms with van der Waals surface area (Å²) in [6, 6.07) is 21.8. The van der Waals surface area contributed by atoms with Crippen molar-refractivity contribution in [2.75, 3.05) is 0 Å². The van der Waals surface area contributed by atoms with E-state index in [9.17, 15) is 0 Å². The summed E-state index contributed by atoms with van der Waals surface area (Å²) in [6.45, 7) is 2.26. The van der Waals surface area contributed by atoms with E-state index in [1.54, 1.807) is 0 Å². The van der Waals surface area contributed by atoms with Crippen molar-refractivity contribution < 1.29 is 0 Å². The summed E-state index contributed by atoms with van der Waals surface area (Å²) in [4.78, 5) is 0. The molecule has 0 saturated carbocycles. The van der Waals surface area contributed by atoms with Gasteiger partial charge in [-0.15, -0.1) is 0 Å². The fourth-order valence-electron chi connectivity index (χ4n) is 2.32. The summed E-state index contributed by atoms with van der Waals surface area (Å²) >= 11 is 1.81. The van der Waals surface area contributed by atoms with Crippen LogP contribution in [0.5, 0.6) is 0 Å². The van der Waals surface area contributed by atoms with Crippen molar-refractivity contribution >= 4 is 16.9 Å². The molecule has 2 rings (SSSR count). The molecule has 88 valence electrons. The Morgan fingerprint density at radius 1 is 0.824 bits per heavy atom. The first-order valence-electron chi connectivity index (χ1n) is 6.17. The average molecular weight is 286 g/mol. The van der Waals surface area contributed by atoms with Crippen LogP contribution < -0.4 is 0 Å². The van der Waals surface area contributed by atoms with E-state index < -0.39 is 0 Å². The molecule has 1 heteroatoms. The summed E-state index contributed by atoms with van der Waals surface area (Å²) in [5.41, 5.74) is 2.88. The molecule has 0 N–H and O–H groups in total. The van der Waals surface area contributed by atoms with Gasteiger partial charge in [0.15, 0.2) is 0 Å². The Labute approximate surface area is 113 Å². The second-order valence-corrected chi connectivity index (χ2v) is 6.52. The molecule has 0 spiro atoms. The number of hydrogen-bond donors (Lipinski definition) is 0. The average Bonchev–Trinajstić information content (AvgIpc) is 2.41. The van der Waals surface area contributed by atoms with E-state index in [0.29, 0.717) is 0 Å². The van der Waals surface area contributed by atoms with Gasteiger partial charge in [-0.2, -0.15) is 0 Å². The molecular weight excluding hydrogens is 267 g/mol. The SMILES string of the molecule is CCCC([AsH2])(c1ccccc1)c1ccccc1. The van der Waals surface area contributed by atoms with Crippen LogP contribution in [0.4, 0.5) is 0 Å². The molecule has 2 aromatic carbocycles. The van der Waals surface area contributed by atoms with Gasteiger partial charge in [0.25, 0.3) is 0 Å². The Bertz CT molecular complexity index is 408. The molecule has 17 heavy (non-hydrogen) atoms. The summed E-state index contributed by atoms with van der Waals surface area (Å²) in [6.07, 6.45) is 2.42. The maximum absolute atomic E-state index is 2.26. The van der Waals surface area contributed by atoms with Crippen LogP contribution in [-0.4, -0.2) is 16.9 Å². The van der Waals surface area contributed by atoms with Gasteiger partial charge >= 0.3 is 113 Å². The van der Waals surface area contributed by atoms with Gasteiger partial charge in [-0.05, 0) is 0 Å². The molecule has 0 nitrogen and oxygen atoms in total. The van der Waals surface area contributed by atoms with E-state index in [0.717, 1.165) is 0 Å². The van der Waals surface area contributed by atoms with Gasteiger partial charge in [0.05, 0.1) is 0 Å². The number of rotatable bonds is 4. The Morgan fingerprint density at radius 2 is 1.24 bits per heavy atom.